The molecule has 7 nitrogen and oxygen atoms in total. The number of rotatable bonds is 8. The third-order valence-corrected chi connectivity index (χ3v) is 3.02. The van der Waals surface area contributed by atoms with Crippen LogP contribution in [0.2, 0.25) is 0 Å². The average Bonchev–Trinajstić information content (AvgIpc) is 2.57. The first-order valence-corrected chi connectivity index (χ1v) is 7.32. The van der Waals surface area contributed by atoms with Crippen molar-refractivity contribution in [3.05, 3.63) is 58.3 Å². The molecular formula is C16H18N4O3. The topological polar surface area (TPSA) is 89.6 Å². The number of benzene rings is 1. The molecule has 1 N–H and O–H groups in total. The number of hydrogen-bond acceptors (Lipinski definition) is 6. The zero-order valence-electron chi connectivity index (χ0n) is 12.8. The van der Waals surface area contributed by atoms with E-state index in [4.69, 9.17) is 4.74 Å². The Bertz CT molecular complexity index is 671. The molecule has 0 unspecified atom stereocenters. The van der Waals surface area contributed by atoms with Crippen LogP contribution in [0.3, 0.4) is 0 Å². The monoisotopic (exact) mass is 314 g/mol. The predicted molar refractivity (Wildman–Crippen MR) is 89.0 cm³/mol. The van der Waals surface area contributed by atoms with Crippen LogP contribution in [-0.2, 0) is 0 Å². The molecule has 0 aliphatic rings. The van der Waals surface area contributed by atoms with Crippen LogP contribution in [-0.4, -0.2) is 22.7 Å². The number of nitro groups is 1. The fourth-order valence-corrected chi connectivity index (χ4v) is 1.77. The lowest BCUT2D eigenvalue weighted by Gasteiger charge is -2.08. The number of nitrogens with one attached hydrogen (secondary N) is 1. The molecule has 0 aliphatic carbocycles. The van der Waals surface area contributed by atoms with Gasteiger partial charge in [0.2, 0.25) is 0 Å². The van der Waals surface area contributed by atoms with E-state index in [2.05, 4.69) is 22.4 Å². The molecule has 23 heavy (non-hydrogen) atoms. The van der Waals surface area contributed by atoms with Gasteiger partial charge in [0.15, 0.2) is 0 Å². The Hall–Kier alpha value is -2.96. The third-order valence-electron chi connectivity index (χ3n) is 3.02. The van der Waals surface area contributed by atoms with E-state index < -0.39 is 4.92 Å². The molecule has 0 bridgehead atoms. The highest BCUT2D eigenvalue weighted by molar-refractivity contribution is 5.83. The van der Waals surface area contributed by atoms with Crippen LogP contribution >= 0.6 is 0 Å². The second-order valence-corrected chi connectivity index (χ2v) is 4.77. The van der Waals surface area contributed by atoms with E-state index in [-0.39, 0.29) is 5.69 Å². The zero-order chi connectivity index (χ0) is 16.5. The van der Waals surface area contributed by atoms with Crippen molar-refractivity contribution in [1.29, 1.82) is 0 Å². The Morgan fingerprint density at radius 2 is 2.17 bits per heavy atom. The van der Waals surface area contributed by atoms with Crippen molar-refractivity contribution >= 4 is 17.7 Å². The van der Waals surface area contributed by atoms with E-state index in [1.165, 1.54) is 18.3 Å². The molecule has 0 saturated carbocycles. The Labute approximate surface area is 134 Å². The molecular weight excluding hydrogens is 296 g/mol. The van der Waals surface area contributed by atoms with Crippen molar-refractivity contribution in [3.63, 3.8) is 0 Å². The summed E-state index contributed by atoms with van der Waals surface area (Å²) >= 11 is 0. The van der Waals surface area contributed by atoms with Gasteiger partial charge in [-0.15, -0.1) is 0 Å². The van der Waals surface area contributed by atoms with Gasteiger partial charge in [-0.25, -0.2) is 4.98 Å². The number of hydrogen-bond donors (Lipinski definition) is 1. The van der Waals surface area contributed by atoms with Gasteiger partial charge >= 0.3 is 0 Å². The van der Waals surface area contributed by atoms with Crippen LogP contribution in [0.4, 0.5) is 11.5 Å². The van der Waals surface area contributed by atoms with Crippen molar-refractivity contribution in [2.75, 3.05) is 12.0 Å². The minimum absolute atomic E-state index is 0.0609. The Morgan fingerprint density at radius 1 is 1.35 bits per heavy atom. The molecule has 1 heterocycles. The smallest absolute Gasteiger partial charge is 0.287 e. The minimum Gasteiger partial charge on any atom is -0.493 e. The summed E-state index contributed by atoms with van der Waals surface area (Å²) in [6.07, 6.45) is 4.88. The highest BCUT2D eigenvalue weighted by Gasteiger charge is 2.04. The van der Waals surface area contributed by atoms with Gasteiger partial charge in [-0.3, -0.25) is 15.5 Å². The van der Waals surface area contributed by atoms with Gasteiger partial charge in [-0.2, -0.15) is 5.10 Å². The van der Waals surface area contributed by atoms with Gasteiger partial charge < -0.3 is 4.74 Å². The van der Waals surface area contributed by atoms with E-state index in [1.807, 2.05) is 24.3 Å². The normalized spacial score (nSPS) is 10.7. The van der Waals surface area contributed by atoms with E-state index in [0.717, 1.165) is 24.2 Å². The molecule has 0 fully saturated rings. The van der Waals surface area contributed by atoms with E-state index in [1.54, 1.807) is 6.21 Å². The van der Waals surface area contributed by atoms with Crippen molar-refractivity contribution in [1.82, 2.24) is 4.98 Å². The number of nitrogens with zero attached hydrogens (tertiary/aromatic N) is 3. The summed E-state index contributed by atoms with van der Waals surface area (Å²) in [6.45, 7) is 2.77. The largest absolute Gasteiger partial charge is 0.493 e. The second-order valence-electron chi connectivity index (χ2n) is 4.77. The molecule has 120 valence electrons. The SMILES string of the molecule is CCCCOc1ccccc1/C=N/Nc1ccc([N+](=O)[O-])cn1. The number of para-hydroxylation sites is 1. The summed E-state index contributed by atoms with van der Waals surface area (Å²) in [7, 11) is 0. The number of anilines is 1. The summed E-state index contributed by atoms with van der Waals surface area (Å²) in [4.78, 5) is 14.0. The average molecular weight is 314 g/mol. The summed E-state index contributed by atoms with van der Waals surface area (Å²) in [6, 6.07) is 10.5. The second kappa shape index (κ2) is 8.47. The van der Waals surface area contributed by atoms with Gasteiger partial charge in [0.25, 0.3) is 5.69 Å². The number of aromatic nitrogens is 1. The number of ether oxygens (including phenoxy) is 1. The van der Waals surface area contributed by atoms with E-state index in [0.29, 0.717) is 12.4 Å². The standard InChI is InChI=1S/C16H18N4O3/c1-2-3-10-23-15-7-5-4-6-13(15)11-18-19-16-9-8-14(12-17-16)20(21)22/h4-9,11-12H,2-3,10H2,1H3,(H,17,19)/b18-11+. The Balaban J connectivity index is 1.98. The molecule has 0 atom stereocenters. The molecule has 0 spiro atoms. The van der Waals surface area contributed by atoms with Crippen LogP contribution in [0.25, 0.3) is 0 Å². The van der Waals surface area contributed by atoms with Crippen LogP contribution in [0.5, 0.6) is 5.75 Å². The molecule has 0 aliphatic heterocycles. The molecule has 0 amide bonds. The lowest BCUT2D eigenvalue weighted by molar-refractivity contribution is -0.385. The van der Waals surface area contributed by atoms with Gasteiger partial charge in [-0.1, -0.05) is 25.5 Å². The number of hydrazone groups is 1. The fourth-order valence-electron chi connectivity index (χ4n) is 1.77. The van der Waals surface area contributed by atoms with Crippen molar-refractivity contribution in [3.8, 4) is 5.75 Å². The molecule has 7 heteroatoms. The minimum atomic E-state index is -0.496. The first-order chi connectivity index (χ1) is 11.2. The molecule has 1 aromatic heterocycles. The summed E-state index contributed by atoms with van der Waals surface area (Å²) in [5.74, 6) is 1.19. The quantitative estimate of drug-likeness (QED) is 0.348. The number of pyridine rings is 1. The maximum atomic E-state index is 10.6. The lowest BCUT2D eigenvalue weighted by atomic mass is 10.2. The third kappa shape index (κ3) is 5.06. The number of unbranched alkanes of at least 4 members (excludes halogenated alkanes) is 1. The molecule has 0 radical (unpaired) electrons. The van der Waals surface area contributed by atoms with E-state index in [9.17, 15) is 10.1 Å². The molecule has 1 aromatic carbocycles. The van der Waals surface area contributed by atoms with Crippen LogP contribution in [0.1, 0.15) is 25.3 Å². The van der Waals surface area contributed by atoms with Crippen molar-refractivity contribution < 1.29 is 9.66 Å². The van der Waals surface area contributed by atoms with E-state index >= 15 is 0 Å². The zero-order valence-corrected chi connectivity index (χ0v) is 12.8. The maximum Gasteiger partial charge on any atom is 0.287 e. The maximum absolute atomic E-state index is 10.6. The fraction of sp³-hybridized carbons (Fsp3) is 0.250. The lowest BCUT2D eigenvalue weighted by Crippen LogP contribution is -2.00. The van der Waals surface area contributed by atoms with Crippen LogP contribution in [0.15, 0.2) is 47.7 Å². The molecule has 2 rings (SSSR count). The summed E-state index contributed by atoms with van der Waals surface area (Å²) in [5, 5.41) is 14.6. The molecule has 0 saturated heterocycles. The van der Waals surface area contributed by atoms with Crippen molar-refractivity contribution in [2.24, 2.45) is 5.10 Å². The van der Waals surface area contributed by atoms with Crippen molar-refractivity contribution in [2.45, 2.75) is 19.8 Å². The van der Waals surface area contributed by atoms with Crippen LogP contribution < -0.4 is 10.2 Å². The first-order valence-electron chi connectivity index (χ1n) is 7.32. The first kappa shape index (κ1) is 16.4. The van der Waals surface area contributed by atoms with Gasteiger partial charge in [0.05, 0.1) is 17.7 Å². The summed E-state index contributed by atoms with van der Waals surface area (Å²) < 4.78 is 5.71. The molecule has 2 aromatic rings. The highest BCUT2D eigenvalue weighted by Crippen LogP contribution is 2.16. The highest BCUT2D eigenvalue weighted by atomic mass is 16.6. The Morgan fingerprint density at radius 3 is 2.87 bits per heavy atom. The predicted octanol–water partition coefficient (Wildman–Crippen LogP) is 3.61. The van der Waals surface area contributed by atoms with Crippen LogP contribution in [0, 0.1) is 10.1 Å². The Kier molecular flexibility index (Phi) is 6.05. The van der Waals surface area contributed by atoms with Gasteiger partial charge in [0, 0.05) is 11.6 Å². The van der Waals surface area contributed by atoms with Gasteiger partial charge in [-0.05, 0) is 24.6 Å². The van der Waals surface area contributed by atoms with Gasteiger partial charge in [0.1, 0.15) is 17.8 Å². The summed E-state index contributed by atoms with van der Waals surface area (Å²) in [5.41, 5.74) is 3.52.